The molecule has 1 amide bonds. The number of carbonyl (C=O) groups is 1. The first kappa shape index (κ1) is 21.9. The van der Waals surface area contributed by atoms with Crippen molar-refractivity contribution in [2.24, 2.45) is 10.7 Å². The maximum absolute atomic E-state index is 12.2. The van der Waals surface area contributed by atoms with Gasteiger partial charge >= 0.3 is 0 Å². The van der Waals surface area contributed by atoms with Gasteiger partial charge in [0.25, 0.3) is 5.82 Å². The van der Waals surface area contributed by atoms with E-state index in [-0.39, 0.29) is 11.9 Å². The Bertz CT molecular complexity index is 1100. The van der Waals surface area contributed by atoms with Crippen molar-refractivity contribution in [3.05, 3.63) is 41.6 Å². The fraction of sp³-hybridized carbons (Fsp3) is 0.500. The molecule has 3 aliphatic heterocycles. The number of hydrogen-bond acceptors (Lipinski definition) is 5. The van der Waals surface area contributed by atoms with Gasteiger partial charge in [-0.2, -0.15) is 0 Å². The number of nitrogens with two attached hydrogens (primary N) is 1. The number of nitrogens with one attached hydrogen (secondary N) is 1. The molecule has 0 spiro atoms. The Labute approximate surface area is 195 Å². The third kappa shape index (κ3) is 4.60. The first-order chi connectivity index (χ1) is 16.1. The number of rotatable bonds is 3. The smallest absolute Gasteiger partial charge is 0.274 e. The van der Waals surface area contributed by atoms with Crippen LogP contribution in [0, 0.1) is 0 Å². The lowest BCUT2D eigenvalue weighted by molar-refractivity contribution is -0.361. The predicted molar refractivity (Wildman–Crippen MR) is 131 cm³/mol. The fourth-order valence-electron chi connectivity index (χ4n) is 5.18. The number of aromatic nitrogens is 1. The first-order valence-corrected chi connectivity index (χ1v) is 12.2. The van der Waals surface area contributed by atoms with Gasteiger partial charge in [-0.05, 0) is 31.1 Å². The van der Waals surface area contributed by atoms with Gasteiger partial charge in [-0.25, -0.2) is 4.98 Å². The standard InChI is InChI=1S/C26H33N5O2/c1-18(32)31-12-7-24(29-20-8-13-33-14-9-20)23(17-31)26(27)21-6-4-5-19-15-25(28-16-22(19)21)30-10-2-3-11-30/h4-6,15-16,20H,2-3,7-14,17,27H2,1H3/p+1. The molecule has 174 valence electrons. The number of nitrogens with zero attached hydrogens (tertiary/aromatic N) is 3. The minimum absolute atomic E-state index is 0.0759. The number of aromatic amines is 1. The molecule has 0 atom stereocenters. The fourth-order valence-corrected chi connectivity index (χ4v) is 5.18. The van der Waals surface area contributed by atoms with Gasteiger partial charge in [-0.15, -0.1) is 0 Å². The average molecular weight is 449 g/mol. The van der Waals surface area contributed by atoms with Crippen molar-refractivity contribution in [2.75, 3.05) is 44.3 Å². The van der Waals surface area contributed by atoms with Crippen LogP contribution in [0.5, 0.6) is 0 Å². The largest absolute Gasteiger partial charge is 0.398 e. The number of anilines is 1. The first-order valence-electron chi connectivity index (χ1n) is 12.2. The predicted octanol–water partition coefficient (Wildman–Crippen LogP) is 2.80. The zero-order chi connectivity index (χ0) is 22.8. The Morgan fingerprint density at radius 3 is 2.73 bits per heavy atom. The van der Waals surface area contributed by atoms with Crippen LogP contribution in [-0.2, 0) is 9.53 Å². The lowest BCUT2D eigenvalue weighted by atomic mass is 9.94. The number of fused-ring (bicyclic) bond motifs is 1. The van der Waals surface area contributed by atoms with Crippen LogP contribution in [-0.4, -0.2) is 62.0 Å². The van der Waals surface area contributed by atoms with E-state index >= 15 is 0 Å². The third-order valence-electron chi connectivity index (χ3n) is 7.15. The Balaban J connectivity index is 1.55. The lowest BCUT2D eigenvalue weighted by Gasteiger charge is -2.31. The molecule has 0 unspecified atom stereocenters. The summed E-state index contributed by atoms with van der Waals surface area (Å²) in [5, 5.41) is 2.26. The molecule has 3 N–H and O–H groups in total. The number of carbonyl (C=O) groups excluding carboxylic acids is 1. The second-order valence-electron chi connectivity index (χ2n) is 9.32. The molecule has 3 fully saturated rings. The van der Waals surface area contributed by atoms with E-state index in [9.17, 15) is 4.79 Å². The van der Waals surface area contributed by atoms with Crippen molar-refractivity contribution in [3.8, 4) is 0 Å². The van der Waals surface area contributed by atoms with Crippen LogP contribution in [0.15, 0.2) is 41.0 Å². The molecular formula is C26H34N5O2+. The van der Waals surface area contributed by atoms with E-state index in [2.05, 4.69) is 40.3 Å². The van der Waals surface area contributed by atoms with Crippen LogP contribution < -0.4 is 15.6 Å². The maximum atomic E-state index is 12.2. The monoisotopic (exact) mass is 448 g/mol. The van der Waals surface area contributed by atoms with E-state index in [1.54, 1.807) is 6.92 Å². The summed E-state index contributed by atoms with van der Waals surface area (Å²) in [6, 6.07) is 8.78. The van der Waals surface area contributed by atoms with E-state index in [0.29, 0.717) is 13.1 Å². The molecule has 33 heavy (non-hydrogen) atoms. The molecule has 7 heteroatoms. The molecule has 2 aromatic rings. The number of ether oxygens (including phenoxy) is 1. The number of amides is 1. The Morgan fingerprint density at radius 2 is 1.97 bits per heavy atom. The summed E-state index contributed by atoms with van der Waals surface area (Å²) >= 11 is 0. The summed E-state index contributed by atoms with van der Waals surface area (Å²) in [5.41, 5.74) is 10.6. The number of benzene rings is 1. The lowest BCUT2D eigenvalue weighted by Crippen LogP contribution is -2.40. The number of H-pyrrole nitrogens is 1. The summed E-state index contributed by atoms with van der Waals surface area (Å²) in [7, 11) is 0. The Kier molecular flexibility index (Phi) is 6.31. The van der Waals surface area contributed by atoms with E-state index in [4.69, 9.17) is 15.5 Å². The molecule has 0 radical (unpaired) electrons. The van der Waals surface area contributed by atoms with Crippen LogP contribution in [0.25, 0.3) is 16.5 Å². The van der Waals surface area contributed by atoms with E-state index in [0.717, 1.165) is 79.3 Å². The molecule has 0 aliphatic carbocycles. The molecule has 7 nitrogen and oxygen atoms in total. The van der Waals surface area contributed by atoms with Crippen molar-refractivity contribution < 1.29 is 14.5 Å². The molecule has 3 saturated heterocycles. The van der Waals surface area contributed by atoms with Gasteiger partial charge in [0, 0.05) is 73.6 Å². The van der Waals surface area contributed by atoms with Crippen molar-refractivity contribution in [3.63, 3.8) is 0 Å². The zero-order valence-corrected chi connectivity index (χ0v) is 19.5. The number of piperidine rings is 1. The molecule has 5 rings (SSSR count). The van der Waals surface area contributed by atoms with E-state index < -0.39 is 0 Å². The van der Waals surface area contributed by atoms with Gasteiger partial charge in [0.2, 0.25) is 5.91 Å². The van der Waals surface area contributed by atoms with Gasteiger partial charge in [0.1, 0.15) is 0 Å². The summed E-state index contributed by atoms with van der Waals surface area (Å²) in [5.74, 6) is 1.23. The minimum Gasteiger partial charge on any atom is -0.398 e. The van der Waals surface area contributed by atoms with Crippen LogP contribution >= 0.6 is 0 Å². The number of aliphatic imine (C=N–C) groups is 1. The second kappa shape index (κ2) is 9.51. The van der Waals surface area contributed by atoms with Gasteiger partial charge < -0.3 is 15.4 Å². The minimum atomic E-state index is 0.0759. The SMILES string of the molecule is CC(=O)N1CCC(=NC2CCOCC2)C(=C(N)c2cccc3cc(N4CCCC4)[nH+]cc23)C1. The maximum Gasteiger partial charge on any atom is 0.274 e. The van der Waals surface area contributed by atoms with Crippen molar-refractivity contribution >= 4 is 33.9 Å². The highest BCUT2D eigenvalue weighted by molar-refractivity contribution is 6.09. The third-order valence-corrected chi connectivity index (χ3v) is 7.15. The van der Waals surface area contributed by atoms with Gasteiger partial charge in [0.15, 0.2) is 0 Å². The highest BCUT2D eigenvalue weighted by Crippen LogP contribution is 2.29. The van der Waals surface area contributed by atoms with Gasteiger partial charge in [-0.3, -0.25) is 14.7 Å². The van der Waals surface area contributed by atoms with Crippen LogP contribution in [0.4, 0.5) is 5.82 Å². The van der Waals surface area contributed by atoms with Crippen molar-refractivity contribution in [1.82, 2.24) is 4.90 Å². The summed E-state index contributed by atoms with van der Waals surface area (Å²) < 4.78 is 5.51. The highest BCUT2D eigenvalue weighted by Gasteiger charge is 2.27. The van der Waals surface area contributed by atoms with Crippen molar-refractivity contribution in [2.45, 2.75) is 45.1 Å². The average Bonchev–Trinajstić information content (AvgIpc) is 3.39. The molecule has 1 aromatic carbocycles. The van der Waals surface area contributed by atoms with E-state index in [1.807, 2.05) is 4.90 Å². The quantitative estimate of drug-likeness (QED) is 0.782. The summed E-state index contributed by atoms with van der Waals surface area (Å²) in [6.07, 6.45) is 7.18. The number of likely N-dealkylation sites (tertiary alicyclic amines) is 1. The molecule has 4 heterocycles. The summed E-state index contributed by atoms with van der Waals surface area (Å²) in [4.78, 5) is 25.0. The Morgan fingerprint density at radius 1 is 1.18 bits per heavy atom. The van der Waals surface area contributed by atoms with E-state index in [1.165, 1.54) is 18.2 Å². The van der Waals surface area contributed by atoms with Crippen LogP contribution in [0.3, 0.4) is 0 Å². The zero-order valence-electron chi connectivity index (χ0n) is 19.5. The molecule has 0 saturated carbocycles. The van der Waals surface area contributed by atoms with Crippen LogP contribution in [0.1, 0.15) is 44.6 Å². The topological polar surface area (TPSA) is 85.3 Å². The molecule has 1 aromatic heterocycles. The van der Waals surface area contributed by atoms with Crippen LogP contribution in [0.2, 0.25) is 0 Å². The van der Waals surface area contributed by atoms with Gasteiger partial charge in [-0.1, -0.05) is 18.2 Å². The van der Waals surface area contributed by atoms with Crippen molar-refractivity contribution in [1.29, 1.82) is 0 Å². The highest BCUT2D eigenvalue weighted by atomic mass is 16.5. The summed E-state index contributed by atoms with van der Waals surface area (Å²) in [6.45, 7) is 6.54. The second-order valence-corrected chi connectivity index (χ2v) is 9.32. The Hall–Kier alpha value is -2.93. The normalized spacial score (nSPS) is 22.9. The number of pyridine rings is 1. The van der Waals surface area contributed by atoms with Gasteiger partial charge in [0.05, 0.1) is 25.3 Å². The number of hydrogen-bond donors (Lipinski definition) is 1. The molecular weight excluding hydrogens is 414 g/mol. The molecule has 0 bridgehead atoms. The molecule has 3 aliphatic rings.